The lowest BCUT2D eigenvalue weighted by molar-refractivity contribution is 0.293. The second-order valence-corrected chi connectivity index (χ2v) is 6.47. The van der Waals surface area contributed by atoms with Crippen molar-refractivity contribution in [2.75, 3.05) is 38.0 Å². The summed E-state index contributed by atoms with van der Waals surface area (Å²) in [6.07, 6.45) is 4.02. The summed E-state index contributed by atoms with van der Waals surface area (Å²) in [6.45, 7) is 9.79. The topological polar surface area (TPSA) is 74.3 Å². The molecule has 0 saturated heterocycles. The molecule has 0 radical (unpaired) electrons. The van der Waals surface area contributed by atoms with Gasteiger partial charge in [0.05, 0.1) is 5.69 Å². The molecule has 1 heterocycles. The van der Waals surface area contributed by atoms with Gasteiger partial charge in [-0.25, -0.2) is 13.1 Å². The fourth-order valence-corrected chi connectivity index (χ4v) is 3.24. The van der Waals surface area contributed by atoms with Crippen molar-refractivity contribution in [3.63, 3.8) is 0 Å². The molecule has 0 bridgehead atoms. The molecule has 6 nitrogen and oxygen atoms in total. The molecular weight excluding hydrogens is 288 g/mol. The van der Waals surface area contributed by atoms with Crippen LogP contribution in [-0.2, 0) is 10.0 Å². The summed E-state index contributed by atoms with van der Waals surface area (Å²) in [5.41, 5.74) is 0.584. The quantitative estimate of drug-likeness (QED) is 0.685. The first-order valence-electron chi connectivity index (χ1n) is 7.45. The smallest absolute Gasteiger partial charge is 0.244 e. The summed E-state index contributed by atoms with van der Waals surface area (Å²) in [4.78, 5) is 6.33. The molecule has 0 aromatic carbocycles. The number of sulfonamides is 1. The van der Waals surface area contributed by atoms with Gasteiger partial charge in [0.15, 0.2) is 0 Å². The molecule has 0 atom stereocenters. The highest BCUT2D eigenvalue weighted by Gasteiger charge is 2.18. The highest BCUT2D eigenvalue weighted by molar-refractivity contribution is 7.89. The lowest BCUT2D eigenvalue weighted by Gasteiger charge is -2.19. The van der Waals surface area contributed by atoms with Gasteiger partial charge in [-0.3, -0.25) is 4.98 Å². The maximum absolute atomic E-state index is 12.3. The van der Waals surface area contributed by atoms with Gasteiger partial charge in [0.25, 0.3) is 0 Å². The van der Waals surface area contributed by atoms with Crippen LogP contribution in [-0.4, -0.2) is 51.0 Å². The van der Waals surface area contributed by atoms with Gasteiger partial charge < -0.3 is 10.2 Å². The van der Waals surface area contributed by atoms with Crippen LogP contribution in [0.15, 0.2) is 23.4 Å². The van der Waals surface area contributed by atoms with Crippen LogP contribution in [0, 0.1) is 0 Å². The van der Waals surface area contributed by atoms with Crippen molar-refractivity contribution in [3.8, 4) is 0 Å². The first-order chi connectivity index (χ1) is 10.0. The number of hydrogen-bond acceptors (Lipinski definition) is 5. The minimum absolute atomic E-state index is 0.199. The third-order valence-corrected chi connectivity index (χ3v) is 4.64. The summed E-state index contributed by atoms with van der Waals surface area (Å²) in [6, 6.07) is 1.67. The third kappa shape index (κ3) is 5.61. The van der Waals surface area contributed by atoms with Gasteiger partial charge in [-0.05, 0) is 32.5 Å². The lowest BCUT2D eigenvalue weighted by atomic mass is 10.4. The van der Waals surface area contributed by atoms with Gasteiger partial charge in [0.2, 0.25) is 10.0 Å². The van der Waals surface area contributed by atoms with Crippen LogP contribution < -0.4 is 10.0 Å². The molecule has 7 heteroatoms. The van der Waals surface area contributed by atoms with E-state index >= 15 is 0 Å². The Hall–Kier alpha value is -1.18. The van der Waals surface area contributed by atoms with Gasteiger partial charge >= 0.3 is 0 Å². The van der Waals surface area contributed by atoms with Crippen molar-refractivity contribution < 1.29 is 8.42 Å². The number of likely N-dealkylation sites (N-methyl/N-ethyl adjacent to an activating group) is 1. The molecule has 21 heavy (non-hydrogen) atoms. The number of hydrogen-bond donors (Lipinski definition) is 2. The molecule has 0 aliphatic heterocycles. The molecule has 120 valence electrons. The summed E-state index contributed by atoms with van der Waals surface area (Å²) in [5.74, 6) is 0. The number of nitrogens with one attached hydrogen (secondary N) is 2. The highest BCUT2D eigenvalue weighted by atomic mass is 32.2. The zero-order valence-corrected chi connectivity index (χ0v) is 13.9. The number of anilines is 1. The van der Waals surface area contributed by atoms with Crippen LogP contribution >= 0.6 is 0 Å². The molecule has 0 fully saturated rings. The first kappa shape index (κ1) is 17.9. The minimum Gasteiger partial charge on any atom is -0.384 e. The van der Waals surface area contributed by atoms with Crippen LogP contribution in [0.3, 0.4) is 0 Å². The van der Waals surface area contributed by atoms with Gasteiger partial charge in [0, 0.05) is 32.0 Å². The van der Waals surface area contributed by atoms with Crippen molar-refractivity contribution in [3.05, 3.63) is 18.5 Å². The summed E-state index contributed by atoms with van der Waals surface area (Å²) in [5, 5.41) is 3.04. The van der Waals surface area contributed by atoms with Crippen molar-refractivity contribution in [2.24, 2.45) is 0 Å². The number of rotatable bonds is 10. The SMILES string of the molecule is CCCN(CC)CCNS(=O)(=O)c1cnccc1NCC. The van der Waals surface area contributed by atoms with Crippen LogP contribution in [0.5, 0.6) is 0 Å². The molecule has 0 aliphatic carbocycles. The van der Waals surface area contributed by atoms with E-state index in [0.717, 1.165) is 19.5 Å². The number of aromatic nitrogens is 1. The molecule has 0 aliphatic rings. The zero-order valence-electron chi connectivity index (χ0n) is 13.1. The fraction of sp³-hybridized carbons (Fsp3) is 0.643. The number of pyridine rings is 1. The van der Waals surface area contributed by atoms with Crippen molar-refractivity contribution in [1.82, 2.24) is 14.6 Å². The molecule has 1 rings (SSSR count). The zero-order chi connectivity index (χ0) is 15.7. The third-order valence-electron chi connectivity index (χ3n) is 3.15. The average Bonchev–Trinajstić information content (AvgIpc) is 2.47. The Kier molecular flexibility index (Phi) is 7.63. The van der Waals surface area contributed by atoms with Gasteiger partial charge in [-0.1, -0.05) is 13.8 Å². The van der Waals surface area contributed by atoms with E-state index in [0.29, 0.717) is 25.3 Å². The molecule has 1 aromatic heterocycles. The van der Waals surface area contributed by atoms with E-state index in [-0.39, 0.29) is 4.90 Å². The van der Waals surface area contributed by atoms with E-state index in [4.69, 9.17) is 0 Å². The maximum atomic E-state index is 12.3. The predicted octanol–water partition coefficient (Wildman–Crippen LogP) is 1.52. The average molecular weight is 314 g/mol. The standard InChI is InChI=1S/C14H26N4O2S/c1-4-10-18(6-3)11-9-17-21(19,20)14-12-15-8-7-13(14)16-5-2/h7-8,12,17H,4-6,9-11H2,1-3H3,(H,15,16). The monoisotopic (exact) mass is 314 g/mol. The van der Waals surface area contributed by atoms with Gasteiger partial charge in [-0.2, -0.15) is 0 Å². The minimum atomic E-state index is -3.53. The van der Waals surface area contributed by atoms with E-state index < -0.39 is 10.0 Å². The largest absolute Gasteiger partial charge is 0.384 e. The van der Waals surface area contributed by atoms with Crippen molar-refractivity contribution >= 4 is 15.7 Å². The molecule has 0 unspecified atom stereocenters. The Labute approximate surface area is 128 Å². The first-order valence-corrected chi connectivity index (χ1v) is 8.93. The van der Waals surface area contributed by atoms with Gasteiger partial charge in [-0.15, -0.1) is 0 Å². The second-order valence-electron chi connectivity index (χ2n) is 4.73. The normalized spacial score (nSPS) is 11.8. The molecule has 0 saturated carbocycles. The summed E-state index contributed by atoms with van der Waals surface area (Å²) in [7, 11) is -3.53. The van der Waals surface area contributed by atoms with Gasteiger partial charge in [0.1, 0.15) is 4.90 Å². The Morgan fingerprint density at radius 1 is 1.24 bits per heavy atom. The van der Waals surface area contributed by atoms with Crippen molar-refractivity contribution in [1.29, 1.82) is 0 Å². The Morgan fingerprint density at radius 2 is 2.00 bits per heavy atom. The maximum Gasteiger partial charge on any atom is 0.244 e. The molecule has 0 amide bonds. The molecule has 2 N–H and O–H groups in total. The summed E-state index contributed by atoms with van der Waals surface area (Å²) >= 11 is 0. The van der Waals surface area contributed by atoms with E-state index in [1.165, 1.54) is 6.20 Å². The predicted molar refractivity (Wildman–Crippen MR) is 86.0 cm³/mol. The van der Waals surface area contributed by atoms with E-state index in [9.17, 15) is 8.42 Å². The van der Waals surface area contributed by atoms with E-state index in [1.807, 2.05) is 6.92 Å². The highest BCUT2D eigenvalue weighted by Crippen LogP contribution is 2.18. The van der Waals surface area contributed by atoms with E-state index in [2.05, 4.69) is 33.8 Å². The fourth-order valence-electron chi connectivity index (χ4n) is 2.09. The second kappa shape index (κ2) is 8.96. The Bertz CT molecular complexity index is 519. The van der Waals surface area contributed by atoms with Crippen LogP contribution in [0.4, 0.5) is 5.69 Å². The number of nitrogens with zero attached hydrogens (tertiary/aromatic N) is 2. The van der Waals surface area contributed by atoms with Crippen LogP contribution in [0.2, 0.25) is 0 Å². The molecule has 1 aromatic rings. The van der Waals surface area contributed by atoms with E-state index in [1.54, 1.807) is 12.3 Å². The Balaban J connectivity index is 2.69. The lowest BCUT2D eigenvalue weighted by Crippen LogP contribution is -2.35. The Morgan fingerprint density at radius 3 is 2.62 bits per heavy atom. The van der Waals surface area contributed by atoms with Crippen LogP contribution in [0.25, 0.3) is 0 Å². The van der Waals surface area contributed by atoms with Crippen LogP contribution in [0.1, 0.15) is 27.2 Å². The summed E-state index contributed by atoms with van der Waals surface area (Å²) < 4.78 is 27.3. The molecular formula is C14H26N4O2S. The molecule has 0 spiro atoms. The van der Waals surface area contributed by atoms with Crippen molar-refractivity contribution in [2.45, 2.75) is 32.1 Å².